The summed E-state index contributed by atoms with van der Waals surface area (Å²) < 4.78 is 13.8. The first kappa shape index (κ1) is 14.9. The quantitative estimate of drug-likeness (QED) is 0.455. The van der Waals surface area contributed by atoms with Crippen LogP contribution in [0.4, 0.5) is 21.5 Å². The minimum Gasteiger partial charge on any atom is -0.397 e. The molecule has 0 aliphatic carbocycles. The normalized spacial score (nSPS) is 10.6. The number of aliphatic hydroxyl groups is 1. The number of nitrogen functional groups attached to an aromatic ring is 2. The zero-order valence-electron chi connectivity index (χ0n) is 10.2. The first-order valence-corrected chi connectivity index (χ1v) is 6.33. The van der Waals surface area contributed by atoms with Gasteiger partial charge in [-0.3, -0.25) is 0 Å². The van der Waals surface area contributed by atoms with Crippen LogP contribution in [0.3, 0.4) is 0 Å². The summed E-state index contributed by atoms with van der Waals surface area (Å²) in [5, 5.41) is 11.4. The van der Waals surface area contributed by atoms with Crippen LogP contribution in [0.5, 0.6) is 0 Å². The van der Waals surface area contributed by atoms with Crippen molar-refractivity contribution in [3.8, 4) is 0 Å². The molecule has 0 aliphatic heterocycles. The van der Waals surface area contributed by atoms with Crippen molar-refractivity contribution in [2.75, 3.05) is 29.9 Å². The Morgan fingerprint density at radius 3 is 2.50 bits per heavy atom. The number of halogens is 2. The Morgan fingerprint density at radius 1 is 1.17 bits per heavy atom. The highest BCUT2D eigenvalue weighted by Crippen LogP contribution is 2.33. The van der Waals surface area contributed by atoms with Crippen LogP contribution in [-0.2, 0) is 0 Å². The summed E-state index contributed by atoms with van der Waals surface area (Å²) in [4.78, 5) is 0. The highest BCUT2D eigenvalue weighted by molar-refractivity contribution is 6.33. The van der Waals surface area contributed by atoms with E-state index in [0.29, 0.717) is 6.54 Å². The molecule has 18 heavy (non-hydrogen) atoms. The van der Waals surface area contributed by atoms with Crippen LogP contribution in [0.2, 0.25) is 5.02 Å². The first-order chi connectivity index (χ1) is 8.57. The number of aliphatic hydroxyl groups excluding tert-OH is 1. The molecule has 0 saturated heterocycles. The Balaban J connectivity index is 2.50. The van der Waals surface area contributed by atoms with Gasteiger partial charge < -0.3 is 21.9 Å². The molecule has 0 amide bonds. The van der Waals surface area contributed by atoms with Crippen LogP contribution in [0, 0.1) is 5.82 Å². The smallest absolute Gasteiger partial charge is 0.169 e. The predicted molar refractivity (Wildman–Crippen MR) is 74.3 cm³/mol. The second-order valence-corrected chi connectivity index (χ2v) is 4.50. The predicted octanol–water partition coefficient (Wildman–Crippen LogP) is 2.61. The van der Waals surface area contributed by atoms with Gasteiger partial charge in [-0.05, 0) is 18.9 Å². The molecule has 0 atom stereocenters. The molecular weight excluding hydrogens is 257 g/mol. The van der Waals surface area contributed by atoms with E-state index in [9.17, 15) is 4.39 Å². The Bertz CT molecular complexity index is 401. The van der Waals surface area contributed by atoms with E-state index < -0.39 is 5.82 Å². The third-order valence-corrected chi connectivity index (χ3v) is 3.04. The van der Waals surface area contributed by atoms with Gasteiger partial charge in [0.05, 0.1) is 17.1 Å². The highest BCUT2D eigenvalue weighted by Gasteiger charge is 2.13. The molecule has 0 heterocycles. The molecule has 0 aliphatic rings. The van der Waals surface area contributed by atoms with Crippen molar-refractivity contribution in [3.05, 3.63) is 16.9 Å². The Morgan fingerprint density at radius 2 is 1.83 bits per heavy atom. The molecule has 0 radical (unpaired) electrons. The van der Waals surface area contributed by atoms with Gasteiger partial charge in [0.2, 0.25) is 0 Å². The molecule has 0 saturated carbocycles. The topological polar surface area (TPSA) is 84.3 Å². The van der Waals surface area contributed by atoms with Gasteiger partial charge >= 0.3 is 0 Å². The van der Waals surface area contributed by atoms with Crippen molar-refractivity contribution in [2.45, 2.75) is 25.7 Å². The minimum absolute atomic E-state index is 0.105. The number of nitrogens with one attached hydrogen (secondary N) is 1. The van der Waals surface area contributed by atoms with Crippen molar-refractivity contribution >= 4 is 28.7 Å². The van der Waals surface area contributed by atoms with Crippen LogP contribution in [-0.4, -0.2) is 18.3 Å². The molecular formula is C12H19ClFN3O. The maximum absolute atomic E-state index is 13.8. The average molecular weight is 276 g/mol. The molecule has 6 heteroatoms. The number of hydrogen-bond acceptors (Lipinski definition) is 4. The lowest BCUT2D eigenvalue weighted by atomic mass is 10.2. The van der Waals surface area contributed by atoms with Crippen LogP contribution in [0.25, 0.3) is 0 Å². The van der Waals surface area contributed by atoms with Crippen molar-refractivity contribution in [1.82, 2.24) is 0 Å². The molecule has 1 rings (SSSR count). The van der Waals surface area contributed by atoms with Gasteiger partial charge in [-0.25, -0.2) is 4.39 Å². The lowest BCUT2D eigenvalue weighted by molar-refractivity contribution is 0.283. The number of hydrogen-bond donors (Lipinski definition) is 4. The highest BCUT2D eigenvalue weighted by atomic mass is 35.5. The third-order valence-electron chi connectivity index (χ3n) is 2.65. The lowest BCUT2D eigenvalue weighted by Crippen LogP contribution is -2.08. The summed E-state index contributed by atoms with van der Waals surface area (Å²) in [7, 11) is 0. The Kier molecular flexibility index (Phi) is 6.01. The zero-order valence-corrected chi connectivity index (χ0v) is 10.9. The van der Waals surface area contributed by atoms with E-state index in [4.69, 9.17) is 28.2 Å². The second-order valence-electron chi connectivity index (χ2n) is 4.12. The van der Waals surface area contributed by atoms with Crippen LogP contribution >= 0.6 is 11.6 Å². The fourth-order valence-electron chi connectivity index (χ4n) is 1.65. The van der Waals surface area contributed by atoms with Crippen molar-refractivity contribution in [2.24, 2.45) is 0 Å². The maximum atomic E-state index is 13.8. The van der Waals surface area contributed by atoms with Crippen LogP contribution in [0.15, 0.2) is 6.07 Å². The largest absolute Gasteiger partial charge is 0.397 e. The molecule has 0 bridgehead atoms. The third kappa shape index (κ3) is 3.92. The molecule has 0 spiro atoms. The summed E-state index contributed by atoms with van der Waals surface area (Å²) >= 11 is 5.71. The van der Waals surface area contributed by atoms with Crippen LogP contribution in [0.1, 0.15) is 25.7 Å². The Hall–Kier alpha value is -1.20. The second kappa shape index (κ2) is 7.28. The van der Waals surface area contributed by atoms with E-state index in [2.05, 4.69) is 5.32 Å². The minimum atomic E-state index is -0.607. The van der Waals surface area contributed by atoms with Crippen LogP contribution < -0.4 is 16.8 Å². The van der Waals surface area contributed by atoms with Crippen molar-refractivity contribution in [1.29, 1.82) is 0 Å². The van der Waals surface area contributed by atoms with Gasteiger partial charge in [0.25, 0.3) is 0 Å². The van der Waals surface area contributed by atoms with E-state index in [0.717, 1.165) is 25.7 Å². The van der Waals surface area contributed by atoms with E-state index in [1.54, 1.807) is 0 Å². The van der Waals surface area contributed by atoms with Crippen molar-refractivity contribution < 1.29 is 9.50 Å². The van der Waals surface area contributed by atoms with Gasteiger partial charge in [-0.2, -0.15) is 0 Å². The van der Waals surface area contributed by atoms with Crippen molar-refractivity contribution in [3.63, 3.8) is 0 Å². The average Bonchev–Trinajstić information content (AvgIpc) is 2.34. The van der Waals surface area contributed by atoms with E-state index in [1.807, 2.05) is 0 Å². The van der Waals surface area contributed by atoms with E-state index in [1.165, 1.54) is 6.07 Å². The molecule has 6 N–H and O–H groups in total. The maximum Gasteiger partial charge on any atom is 0.169 e. The first-order valence-electron chi connectivity index (χ1n) is 5.95. The zero-order chi connectivity index (χ0) is 13.5. The van der Waals surface area contributed by atoms with E-state index in [-0.39, 0.29) is 28.7 Å². The lowest BCUT2D eigenvalue weighted by Gasteiger charge is -2.12. The number of rotatable bonds is 7. The molecule has 102 valence electrons. The summed E-state index contributed by atoms with van der Waals surface area (Å²) in [5.41, 5.74) is 11.8. The van der Waals surface area contributed by atoms with Gasteiger partial charge in [-0.1, -0.05) is 24.4 Å². The number of unbranched alkanes of at least 4 members (excludes halogenated alkanes) is 3. The van der Waals surface area contributed by atoms with E-state index >= 15 is 0 Å². The number of anilines is 3. The molecule has 0 aromatic heterocycles. The van der Waals surface area contributed by atoms with Gasteiger partial charge in [0, 0.05) is 13.2 Å². The SMILES string of the molecule is Nc1cc(N)c(NCCCCCCO)c(F)c1Cl. The molecule has 0 fully saturated rings. The van der Waals surface area contributed by atoms with Gasteiger partial charge in [0.15, 0.2) is 5.82 Å². The molecule has 4 nitrogen and oxygen atoms in total. The summed E-state index contributed by atoms with van der Waals surface area (Å²) in [6.07, 6.45) is 3.60. The molecule has 1 aromatic carbocycles. The monoisotopic (exact) mass is 275 g/mol. The summed E-state index contributed by atoms with van der Waals surface area (Å²) in [6, 6.07) is 1.44. The fourth-order valence-corrected chi connectivity index (χ4v) is 1.80. The summed E-state index contributed by atoms with van der Waals surface area (Å²) in [6.45, 7) is 0.815. The number of benzene rings is 1. The molecule has 0 unspecified atom stereocenters. The molecule has 1 aromatic rings. The van der Waals surface area contributed by atoms with Gasteiger partial charge in [-0.15, -0.1) is 0 Å². The summed E-state index contributed by atoms with van der Waals surface area (Å²) in [5.74, 6) is -0.607. The fraction of sp³-hybridized carbons (Fsp3) is 0.500. The standard InChI is InChI=1S/C12H19ClFN3O/c13-10-8(15)7-9(16)12(11(10)14)17-5-3-1-2-4-6-18/h7,17-18H,1-6,15-16H2. The Labute approximate surface area is 111 Å². The number of nitrogens with two attached hydrogens (primary N) is 2. The van der Waals surface area contributed by atoms with Gasteiger partial charge in [0.1, 0.15) is 5.02 Å².